The van der Waals surface area contributed by atoms with Gasteiger partial charge in [-0.3, -0.25) is 14.1 Å². The smallest absolute Gasteiger partial charge is 0.131 e. The van der Waals surface area contributed by atoms with Crippen LogP contribution in [-0.2, 0) is 0 Å². The lowest BCUT2D eigenvalue weighted by Crippen LogP contribution is -2.02. The Morgan fingerprint density at radius 3 is 1.75 bits per heavy atom. The monoisotopic (exact) mass is 782 g/mol. The van der Waals surface area contributed by atoms with Crippen LogP contribution in [0.2, 0.25) is 0 Å². The summed E-state index contributed by atoms with van der Waals surface area (Å²) >= 11 is 1.88. The van der Waals surface area contributed by atoms with Crippen LogP contribution in [0.1, 0.15) is 0 Å². The van der Waals surface area contributed by atoms with E-state index in [1.807, 2.05) is 23.7 Å². The Hall–Kier alpha value is -7.73. The predicted molar refractivity (Wildman–Crippen MR) is 254 cm³/mol. The van der Waals surface area contributed by atoms with Crippen LogP contribution < -0.4 is 0 Å². The molecular formula is C55H34N4S. The van der Waals surface area contributed by atoms with Crippen LogP contribution in [0.15, 0.2) is 207 Å². The number of benzene rings is 8. The number of thiophene rings is 1. The minimum atomic E-state index is 1.10. The van der Waals surface area contributed by atoms with Gasteiger partial charge in [0.1, 0.15) is 5.65 Å². The van der Waals surface area contributed by atoms with E-state index in [2.05, 4.69) is 213 Å². The number of nitrogens with zero attached hydrogens (tertiary/aromatic N) is 4. The average molecular weight is 783 g/mol. The zero-order chi connectivity index (χ0) is 39.3. The molecule has 0 radical (unpaired) electrons. The molecule has 5 heteroatoms. The van der Waals surface area contributed by atoms with Gasteiger partial charge in [0.2, 0.25) is 0 Å². The van der Waals surface area contributed by atoms with E-state index in [1.54, 1.807) is 0 Å². The second-order valence-electron chi connectivity index (χ2n) is 15.5. The number of hydrogen-bond acceptors (Lipinski definition) is 2. The summed E-state index contributed by atoms with van der Waals surface area (Å²) in [5, 5.41) is 8.67. The second-order valence-corrected chi connectivity index (χ2v) is 16.6. The Balaban J connectivity index is 1.18. The molecule has 4 nitrogen and oxygen atoms in total. The van der Waals surface area contributed by atoms with Gasteiger partial charge in [-0.1, -0.05) is 127 Å². The molecule has 0 aliphatic carbocycles. The lowest BCUT2D eigenvalue weighted by Gasteiger charge is -2.16. The molecule has 8 aromatic carbocycles. The van der Waals surface area contributed by atoms with E-state index in [1.165, 1.54) is 80.4 Å². The summed E-state index contributed by atoms with van der Waals surface area (Å²) in [5.74, 6) is 0. The quantitative estimate of drug-likeness (QED) is 0.171. The highest BCUT2D eigenvalue weighted by Gasteiger charge is 2.25. The van der Waals surface area contributed by atoms with E-state index in [4.69, 9.17) is 0 Å². The molecule has 0 saturated heterocycles. The molecule has 0 fully saturated rings. The molecule has 0 saturated carbocycles. The summed E-state index contributed by atoms with van der Waals surface area (Å²) in [5.41, 5.74) is 14.0. The molecule has 0 aliphatic rings. The molecule has 5 aromatic heterocycles. The first-order valence-corrected chi connectivity index (χ1v) is 21.2. The molecule has 0 aliphatic heterocycles. The summed E-state index contributed by atoms with van der Waals surface area (Å²) in [4.78, 5) is 4.60. The van der Waals surface area contributed by atoms with Gasteiger partial charge in [0, 0.05) is 70.4 Å². The molecule has 60 heavy (non-hydrogen) atoms. The van der Waals surface area contributed by atoms with Crippen molar-refractivity contribution in [2.45, 2.75) is 0 Å². The van der Waals surface area contributed by atoms with Crippen LogP contribution in [0.25, 0.3) is 114 Å². The van der Waals surface area contributed by atoms with Crippen LogP contribution in [0.5, 0.6) is 0 Å². The van der Waals surface area contributed by atoms with Gasteiger partial charge < -0.3 is 4.57 Å². The fraction of sp³-hybridized carbons (Fsp3) is 0. The fourth-order valence-electron chi connectivity index (χ4n) is 9.84. The molecule has 13 aromatic rings. The van der Waals surface area contributed by atoms with E-state index < -0.39 is 0 Å². The third-order valence-electron chi connectivity index (χ3n) is 12.3. The van der Waals surface area contributed by atoms with Crippen molar-refractivity contribution in [1.82, 2.24) is 18.7 Å². The molecule has 13 rings (SSSR count). The van der Waals surface area contributed by atoms with Crippen molar-refractivity contribution in [2.75, 3.05) is 0 Å². The largest absolute Gasteiger partial charge is 0.308 e. The van der Waals surface area contributed by atoms with Crippen LogP contribution >= 0.6 is 11.3 Å². The Labute approximate surface area is 349 Å². The summed E-state index contributed by atoms with van der Waals surface area (Å²) in [7, 11) is 0. The fourth-order valence-corrected chi connectivity index (χ4v) is 11.0. The van der Waals surface area contributed by atoms with Gasteiger partial charge in [-0.2, -0.15) is 0 Å². The van der Waals surface area contributed by atoms with Gasteiger partial charge in [0.25, 0.3) is 0 Å². The van der Waals surface area contributed by atoms with Crippen molar-refractivity contribution in [1.29, 1.82) is 0 Å². The topological polar surface area (TPSA) is 27.7 Å². The van der Waals surface area contributed by atoms with Gasteiger partial charge in [0.05, 0.1) is 28.3 Å². The second kappa shape index (κ2) is 12.9. The zero-order valence-electron chi connectivity index (χ0n) is 32.3. The first-order chi connectivity index (χ1) is 29.8. The van der Waals surface area contributed by atoms with Crippen molar-refractivity contribution >= 4 is 86.2 Å². The van der Waals surface area contributed by atoms with Gasteiger partial charge >= 0.3 is 0 Å². The van der Waals surface area contributed by atoms with Crippen LogP contribution in [0.3, 0.4) is 0 Å². The number of pyridine rings is 1. The zero-order valence-corrected chi connectivity index (χ0v) is 33.1. The summed E-state index contributed by atoms with van der Waals surface area (Å²) in [6, 6.07) is 70.9. The van der Waals surface area contributed by atoms with E-state index in [0.717, 1.165) is 33.7 Å². The maximum Gasteiger partial charge on any atom is 0.131 e. The molecule has 0 amide bonds. The molecule has 0 unspecified atom stereocenters. The highest BCUT2D eigenvalue weighted by Crippen LogP contribution is 2.48. The lowest BCUT2D eigenvalue weighted by atomic mass is 9.94. The third-order valence-corrected chi connectivity index (χ3v) is 13.4. The summed E-state index contributed by atoms with van der Waals surface area (Å²) in [6.07, 6.45) is 3.89. The molecular weight excluding hydrogens is 749 g/mol. The Morgan fingerprint density at radius 1 is 0.350 bits per heavy atom. The van der Waals surface area contributed by atoms with Crippen molar-refractivity contribution in [3.63, 3.8) is 0 Å². The first-order valence-electron chi connectivity index (χ1n) is 20.4. The van der Waals surface area contributed by atoms with Crippen molar-refractivity contribution in [3.05, 3.63) is 207 Å². The van der Waals surface area contributed by atoms with E-state index in [9.17, 15) is 0 Å². The number of para-hydroxylation sites is 3. The number of fused-ring (bicyclic) bond motifs is 11. The Bertz CT molecular complexity index is 3760. The normalized spacial score (nSPS) is 12.0. The van der Waals surface area contributed by atoms with Crippen molar-refractivity contribution in [3.8, 4) is 39.3 Å². The maximum absolute atomic E-state index is 4.60. The minimum Gasteiger partial charge on any atom is -0.308 e. The molecule has 0 spiro atoms. The molecule has 280 valence electrons. The van der Waals surface area contributed by atoms with Crippen LogP contribution in [-0.4, -0.2) is 18.7 Å². The molecule has 0 N–H and O–H groups in total. The van der Waals surface area contributed by atoms with E-state index >= 15 is 0 Å². The van der Waals surface area contributed by atoms with Crippen LogP contribution in [0.4, 0.5) is 0 Å². The Kier molecular flexibility index (Phi) is 7.14. The van der Waals surface area contributed by atoms with Gasteiger partial charge in [0.15, 0.2) is 0 Å². The highest BCUT2D eigenvalue weighted by atomic mass is 32.1. The lowest BCUT2D eigenvalue weighted by molar-refractivity contribution is 1.07. The average Bonchev–Trinajstić information content (AvgIpc) is 4.05. The van der Waals surface area contributed by atoms with Gasteiger partial charge in [-0.05, 0) is 89.0 Å². The SMILES string of the molecule is c1ccc(-c2cccc3sc4cc(-n5c6ccc(-n7c8ccccc8c8ccncc87)cc6c6c7ccccc7n(-c7ccccc7)c65)cc(-c5ccccc5)c4c23)cc1. The van der Waals surface area contributed by atoms with E-state index in [-0.39, 0.29) is 0 Å². The Morgan fingerprint density at radius 2 is 0.967 bits per heavy atom. The molecule has 0 atom stereocenters. The maximum atomic E-state index is 4.60. The third kappa shape index (κ3) is 4.75. The number of rotatable bonds is 5. The number of aromatic nitrogens is 4. The van der Waals surface area contributed by atoms with Crippen molar-refractivity contribution < 1.29 is 0 Å². The van der Waals surface area contributed by atoms with Crippen molar-refractivity contribution in [2.24, 2.45) is 0 Å². The number of hydrogen-bond donors (Lipinski definition) is 0. The van der Waals surface area contributed by atoms with Gasteiger partial charge in [-0.15, -0.1) is 11.3 Å². The summed E-state index contributed by atoms with van der Waals surface area (Å²) < 4.78 is 9.89. The molecule has 0 bridgehead atoms. The van der Waals surface area contributed by atoms with E-state index in [0.29, 0.717) is 0 Å². The van der Waals surface area contributed by atoms with Gasteiger partial charge in [-0.25, -0.2) is 0 Å². The summed E-state index contributed by atoms with van der Waals surface area (Å²) in [6.45, 7) is 0. The van der Waals surface area contributed by atoms with Crippen LogP contribution in [0, 0.1) is 0 Å². The minimum absolute atomic E-state index is 1.10. The standard InChI is InChI=1S/C55H34N4S/c1-4-15-35(16-5-1)40-23-14-26-50-53(40)54-44(36-17-6-2-7-18-36)32-39(33-51(54)60-50)59-48-28-27-38(57-46-24-12-10-21-41(46)42-29-30-56-34-49(42)57)31-45(48)52-43-22-11-13-25-47(43)58(55(52)59)37-19-8-3-9-20-37/h1-34H. The first kappa shape index (κ1) is 33.3. The highest BCUT2D eigenvalue weighted by molar-refractivity contribution is 7.26. The predicted octanol–water partition coefficient (Wildman–Crippen LogP) is 14.9. The molecule has 5 heterocycles.